The van der Waals surface area contributed by atoms with E-state index in [4.69, 9.17) is 14.6 Å². The van der Waals surface area contributed by atoms with Crippen molar-refractivity contribution in [2.45, 2.75) is 0 Å². The van der Waals surface area contributed by atoms with Gasteiger partial charge in [0.05, 0.1) is 7.11 Å². The van der Waals surface area contributed by atoms with Crippen LogP contribution < -0.4 is 14.8 Å². The van der Waals surface area contributed by atoms with E-state index in [-0.39, 0.29) is 17.9 Å². The summed E-state index contributed by atoms with van der Waals surface area (Å²) in [6.07, 6.45) is 1.56. The normalized spacial score (nSPS) is 9.95. The lowest BCUT2D eigenvalue weighted by Gasteiger charge is -2.10. The molecule has 0 atom stereocenters. The van der Waals surface area contributed by atoms with E-state index in [1.54, 1.807) is 17.6 Å². The fourth-order valence-electron chi connectivity index (χ4n) is 1.51. The minimum absolute atomic E-state index is 0.0728. The molecule has 0 spiro atoms. The van der Waals surface area contributed by atoms with Gasteiger partial charge in [0, 0.05) is 11.6 Å². The van der Waals surface area contributed by atoms with Crippen LogP contribution in [0.5, 0.6) is 11.5 Å². The first kappa shape index (κ1) is 14.8. The third-order valence-corrected chi connectivity index (χ3v) is 3.14. The molecule has 0 aliphatic heterocycles. The number of nitrogens with one attached hydrogen (secondary N) is 1. The average molecular weight is 308 g/mol. The Bertz CT molecular complexity index is 642. The highest BCUT2D eigenvalue weighted by molar-refractivity contribution is 7.13. The number of benzene rings is 1. The minimum atomic E-state index is -1.16. The quantitative estimate of drug-likeness (QED) is 0.845. The number of nitrogens with zero attached hydrogens (tertiary/aromatic N) is 1. The van der Waals surface area contributed by atoms with Crippen molar-refractivity contribution >= 4 is 28.3 Å². The van der Waals surface area contributed by atoms with Crippen LogP contribution in [0.3, 0.4) is 0 Å². The van der Waals surface area contributed by atoms with E-state index in [0.717, 1.165) is 0 Å². The van der Waals surface area contributed by atoms with Crippen molar-refractivity contribution in [3.8, 4) is 11.5 Å². The second-order valence-electron chi connectivity index (χ2n) is 3.84. The second-order valence-corrected chi connectivity index (χ2v) is 4.74. The SMILES string of the molecule is COc1ccc(OCC(=O)Nc2nccs2)c(C(=O)O)c1. The number of carbonyl (C=O) groups is 2. The molecule has 0 radical (unpaired) electrons. The number of hydrogen-bond donors (Lipinski definition) is 2. The number of thiazole rings is 1. The summed E-state index contributed by atoms with van der Waals surface area (Å²) in [5.74, 6) is -1.09. The summed E-state index contributed by atoms with van der Waals surface area (Å²) in [4.78, 5) is 26.7. The van der Waals surface area contributed by atoms with Crippen LogP contribution in [0.4, 0.5) is 5.13 Å². The molecule has 2 rings (SSSR count). The van der Waals surface area contributed by atoms with Gasteiger partial charge in [-0.3, -0.25) is 10.1 Å². The summed E-state index contributed by atoms with van der Waals surface area (Å²) >= 11 is 1.28. The molecule has 1 amide bonds. The van der Waals surface area contributed by atoms with Gasteiger partial charge in [-0.15, -0.1) is 11.3 Å². The number of carboxylic acids is 1. The minimum Gasteiger partial charge on any atom is -0.497 e. The molecule has 2 N–H and O–H groups in total. The van der Waals surface area contributed by atoms with Gasteiger partial charge >= 0.3 is 5.97 Å². The number of rotatable bonds is 6. The van der Waals surface area contributed by atoms with Crippen molar-refractivity contribution in [2.75, 3.05) is 19.0 Å². The molecule has 21 heavy (non-hydrogen) atoms. The lowest BCUT2D eigenvalue weighted by molar-refractivity contribution is -0.118. The van der Waals surface area contributed by atoms with Crippen molar-refractivity contribution in [3.05, 3.63) is 35.3 Å². The molecule has 110 valence electrons. The number of aromatic nitrogens is 1. The van der Waals surface area contributed by atoms with Crippen LogP contribution >= 0.6 is 11.3 Å². The fourth-order valence-corrected chi connectivity index (χ4v) is 2.06. The maximum atomic E-state index is 11.6. The molecule has 0 aliphatic rings. The van der Waals surface area contributed by atoms with Crippen LogP contribution in [0.15, 0.2) is 29.8 Å². The number of amides is 1. The van der Waals surface area contributed by atoms with Crippen LogP contribution in [0.1, 0.15) is 10.4 Å². The van der Waals surface area contributed by atoms with E-state index in [1.807, 2.05) is 0 Å². The molecule has 1 aromatic heterocycles. The predicted octanol–water partition coefficient (Wildman–Crippen LogP) is 1.87. The summed E-state index contributed by atoms with van der Waals surface area (Å²) in [5.41, 5.74) is -0.0728. The van der Waals surface area contributed by atoms with Gasteiger partial charge in [0.15, 0.2) is 11.7 Å². The summed E-state index contributed by atoms with van der Waals surface area (Å²) < 4.78 is 10.2. The van der Waals surface area contributed by atoms with Crippen molar-refractivity contribution in [3.63, 3.8) is 0 Å². The molecule has 0 bridgehead atoms. The number of carboxylic acid groups (broad SMARTS) is 1. The Morgan fingerprint density at radius 2 is 2.24 bits per heavy atom. The fraction of sp³-hybridized carbons (Fsp3) is 0.154. The Labute approximate surface area is 124 Å². The van der Waals surface area contributed by atoms with Crippen molar-refractivity contribution in [1.82, 2.24) is 4.98 Å². The van der Waals surface area contributed by atoms with E-state index in [1.165, 1.54) is 30.6 Å². The maximum absolute atomic E-state index is 11.6. The van der Waals surface area contributed by atoms with E-state index in [9.17, 15) is 9.59 Å². The highest BCUT2D eigenvalue weighted by Crippen LogP contribution is 2.24. The van der Waals surface area contributed by atoms with Gasteiger partial charge in [0.1, 0.15) is 17.1 Å². The van der Waals surface area contributed by atoms with E-state index in [0.29, 0.717) is 10.9 Å². The van der Waals surface area contributed by atoms with E-state index in [2.05, 4.69) is 10.3 Å². The summed E-state index contributed by atoms with van der Waals surface area (Å²) in [7, 11) is 1.43. The van der Waals surface area contributed by atoms with Crippen LogP contribution in [-0.2, 0) is 4.79 Å². The number of anilines is 1. The van der Waals surface area contributed by atoms with Crippen molar-refractivity contribution in [1.29, 1.82) is 0 Å². The molecule has 0 fully saturated rings. The average Bonchev–Trinajstić information content (AvgIpc) is 2.97. The summed E-state index contributed by atoms with van der Waals surface area (Å²) in [6.45, 7) is -0.313. The lowest BCUT2D eigenvalue weighted by Crippen LogP contribution is -2.20. The molecule has 0 unspecified atom stereocenters. The summed E-state index contributed by atoms with van der Waals surface area (Å²) in [5, 5.41) is 13.8. The molecule has 1 heterocycles. The Morgan fingerprint density at radius 1 is 1.43 bits per heavy atom. The van der Waals surface area contributed by atoms with Gasteiger partial charge in [-0.2, -0.15) is 0 Å². The topological polar surface area (TPSA) is 97.8 Å². The first-order chi connectivity index (χ1) is 10.1. The monoisotopic (exact) mass is 308 g/mol. The smallest absolute Gasteiger partial charge is 0.339 e. The van der Waals surface area contributed by atoms with Gasteiger partial charge in [-0.1, -0.05) is 0 Å². The highest BCUT2D eigenvalue weighted by Gasteiger charge is 2.14. The number of methoxy groups -OCH3 is 1. The Morgan fingerprint density at radius 3 is 2.86 bits per heavy atom. The zero-order chi connectivity index (χ0) is 15.2. The molecule has 8 heteroatoms. The number of ether oxygens (including phenoxy) is 2. The zero-order valence-corrected chi connectivity index (χ0v) is 11.8. The number of carbonyl (C=O) groups excluding carboxylic acids is 1. The van der Waals surface area contributed by atoms with Gasteiger partial charge in [0.25, 0.3) is 5.91 Å². The van der Waals surface area contributed by atoms with Crippen molar-refractivity contribution < 1.29 is 24.2 Å². The molecule has 0 saturated heterocycles. The van der Waals surface area contributed by atoms with Crippen LogP contribution in [0.2, 0.25) is 0 Å². The van der Waals surface area contributed by atoms with Gasteiger partial charge in [-0.05, 0) is 18.2 Å². The zero-order valence-electron chi connectivity index (χ0n) is 11.0. The van der Waals surface area contributed by atoms with E-state index >= 15 is 0 Å². The first-order valence-electron chi connectivity index (χ1n) is 5.83. The third-order valence-electron chi connectivity index (χ3n) is 2.45. The van der Waals surface area contributed by atoms with Crippen LogP contribution in [0.25, 0.3) is 0 Å². The van der Waals surface area contributed by atoms with Gasteiger partial charge in [-0.25, -0.2) is 9.78 Å². The molecule has 0 aliphatic carbocycles. The Balaban J connectivity index is 2.02. The van der Waals surface area contributed by atoms with E-state index < -0.39 is 11.9 Å². The van der Waals surface area contributed by atoms with Gasteiger partial charge in [0.2, 0.25) is 0 Å². The standard InChI is InChI=1S/C13H12N2O5S/c1-19-8-2-3-10(9(6-8)12(17)18)20-7-11(16)15-13-14-4-5-21-13/h2-6H,7H2,1H3,(H,17,18)(H,14,15,16). The van der Waals surface area contributed by atoms with Gasteiger partial charge < -0.3 is 14.6 Å². The predicted molar refractivity (Wildman–Crippen MR) is 76.2 cm³/mol. The largest absolute Gasteiger partial charge is 0.497 e. The van der Waals surface area contributed by atoms with Crippen LogP contribution in [0, 0.1) is 0 Å². The molecular weight excluding hydrogens is 296 g/mol. The second kappa shape index (κ2) is 6.71. The van der Waals surface area contributed by atoms with Crippen molar-refractivity contribution in [2.24, 2.45) is 0 Å². The number of aromatic carboxylic acids is 1. The summed E-state index contributed by atoms with van der Waals surface area (Å²) in [6, 6.07) is 4.33. The number of hydrogen-bond acceptors (Lipinski definition) is 6. The highest BCUT2D eigenvalue weighted by atomic mass is 32.1. The maximum Gasteiger partial charge on any atom is 0.339 e. The third kappa shape index (κ3) is 3.93. The molecular formula is C13H12N2O5S. The Hall–Kier alpha value is -2.61. The van der Waals surface area contributed by atoms with Crippen LogP contribution in [-0.4, -0.2) is 35.7 Å². The first-order valence-corrected chi connectivity index (χ1v) is 6.71. The molecule has 0 saturated carbocycles. The Kier molecular flexibility index (Phi) is 4.72. The molecule has 7 nitrogen and oxygen atoms in total. The lowest BCUT2D eigenvalue weighted by atomic mass is 10.2. The molecule has 2 aromatic rings. The molecule has 1 aromatic carbocycles.